The van der Waals surface area contributed by atoms with Crippen molar-refractivity contribution in [2.45, 2.75) is 31.3 Å². The Balaban J connectivity index is 2.10. The number of fused-ring (bicyclic) bond motifs is 2. The summed E-state index contributed by atoms with van der Waals surface area (Å²) < 4.78 is 5.80. The van der Waals surface area contributed by atoms with Crippen molar-refractivity contribution in [3.63, 3.8) is 0 Å². The van der Waals surface area contributed by atoms with Gasteiger partial charge in [-0.3, -0.25) is 4.79 Å². The molecular formula is C15H16O2. The summed E-state index contributed by atoms with van der Waals surface area (Å²) in [4.78, 5) is 12.0. The molecule has 4 rings (SSSR count). The highest BCUT2D eigenvalue weighted by molar-refractivity contribution is 5.97. The normalized spacial score (nSPS) is 30.2. The largest absolute Gasteiger partial charge is 0.378 e. The first-order valence-electron chi connectivity index (χ1n) is 6.23. The van der Waals surface area contributed by atoms with Crippen LogP contribution in [-0.2, 0) is 9.53 Å². The molecule has 88 valence electrons. The van der Waals surface area contributed by atoms with E-state index in [1.54, 1.807) is 6.08 Å². The molecule has 3 aliphatic rings. The number of ether oxygens (including phenoxy) is 1. The van der Waals surface area contributed by atoms with E-state index in [-0.39, 0.29) is 23.7 Å². The van der Waals surface area contributed by atoms with Gasteiger partial charge in [0, 0.05) is 18.4 Å². The number of ketones is 1. The van der Waals surface area contributed by atoms with Crippen LogP contribution in [0.3, 0.4) is 0 Å². The maximum atomic E-state index is 12.0. The van der Waals surface area contributed by atoms with E-state index in [0.717, 1.165) is 6.42 Å². The van der Waals surface area contributed by atoms with E-state index in [2.05, 4.69) is 12.1 Å². The van der Waals surface area contributed by atoms with Crippen LogP contribution in [0.4, 0.5) is 0 Å². The van der Waals surface area contributed by atoms with E-state index in [0.29, 0.717) is 6.61 Å². The van der Waals surface area contributed by atoms with Gasteiger partial charge in [-0.25, -0.2) is 0 Å². The molecule has 0 N–H and O–H groups in total. The number of hydrogen-bond acceptors (Lipinski definition) is 2. The van der Waals surface area contributed by atoms with Crippen molar-refractivity contribution in [1.29, 1.82) is 0 Å². The molecule has 0 saturated heterocycles. The van der Waals surface area contributed by atoms with E-state index >= 15 is 0 Å². The molecule has 0 aliphatic heterocycles. The second-order valence-electron chi connectivity index (χ2n) is 4.70. The molecule has 0 radical (unpaired) electrons. The van der Waals surface area contributed by atoms with Crippen molar-refractivity contribution < 1.29 is 9.53 Å². The topological polar surface area (TPSA) is 26.3 Å². The summed E-state index contributed by atoms with van der Waals surface area (Å²) in [5.41, 5.74) is 2.47. The molecule has 0 amide bonds. The van der Waals surface area contributed by atoms with E-state index in [9.17, 15) is 4.79 Å². The molecule has 0 fully saturated rings. The standard InChI is InChI=1S/C15H16O2/c1-2-17-15-9-13-11-6-4-3-5-10(11)12(15)7-8-14(13)16/h3-8,12-13,15H,2,9H2,1H3/t12-,13-,15+/m0/s1. The van der Waals surface area contributed by atoms with Crippen molar-refractivity contribution >= 4 is 5.78 Å². The zero-order chi connectivity index (χ0) is 11.8. The van der Waals surface area contributed by atoms with Crippen LogP contribution in [0.5, 0.6) is 0 Å². The molecule has 3 aliphatic carbocycles. The van der Waals surface area contributed by atoms with Crippen LogP contribution in [0, 0.1) is 0 Å². The molecule has 2 nitrogen and oxygen atoms in total. The van der Waals surface area contributed by atoms with Gasteiger partial charge in [0.25, 0.3) is 0 Å². The summed E-state index contributed by atoms with van der Waals surface area (Å²) in [6, 6.07) is 8.27. The van der Waals surface area contributed by atoms with Gasteiger partial charge in [-0.2, -0.15) is 0 Å². The summed E-state index contributed by atoms with van der Waals surface area (Å²) in [7, 11) is 0. The number of carbonyl (C=O) groups excluding carboxylic acids is 1. The molecular weight excluding hydrogens is 212 g/mol. The van der Waals surface area contributed by atoms with Crippen LogP contribution in [0.2, 0.25) is 0 Å². The van der Waals surface area contributed by atoms with E-state index in [4.69, 9.17) is 4.74 Å². The third-order valence-corrected chi connectivity index (χ3v) is 3.79. The quantitative estimate of drug-likeness (QED) is 0.778. The van der Waals surface area contributed by atoms with Gasteiger partial charge in [0.2, 0.25) is 0 Å². The molecule has 2 heteroatoms. The Morgan fingerprint density at radius 1 is 1.29 bits per heavy atom. The van der Waals surface area contributed by atoms with Crippen molar-refractivity contribution in [3.8, 4) is 0 Å². The molecule has 1 aromatic carbocycles. The molecule has 0 unspecified atom stereocenters. The van der Waals surface area contributed by atoms with Gasteiger partial charge < -0.3 is 4.74 Å². The third-order valence-electron chi connectivity index (χ3n) is 3.79. The van der Waals surface area contributed by atoms with Crippen LogP contribution in [-0.4, -0.2) is 18.5 Å². The Kier molecular flexibility index (Phi) is 2.60. The van der Waals surface area contributed by atoms with Crippen molar-refractivity contribution in [3.05, 3.63) is 47.5 Å². The fraction of sp³-hybridized carbons (Fsp3) is 0.400. The lowest BCUT2D eigenvalue weighted by Gasteiger charge is -2.33. The first-order chi connectivity index (χ1) is 8.31. The minimum absolute atomic E-state index is 0.00208. The van der Waals surface area contributed by atoms with Crippen molar-refractivity contribution in [2.75, 3.05) is 6.61 Å². The van der Waals surface area contributed by atoms with E-state index < -0.39 is 0 Å². The summed E-state index contributed by atoms with van der Waals surface area (Å²) in [5.74, 6) is 0.466. The zero-order valence-electron chi connectivity index (χ0n) is 9.93. The summed E-state index contributed by atoms with van der Waals surface area (Å²) >= 11 is 0. The fourth-order valence-corrected chi connectivity index (χ4v) is 3.04. The minimum atomic E-state index is -0.00208. The van der Waals surface area contributed by atoms with Crippen LogP contribution in [0.1, 0.15) is 36.3 Å². The maximum absolute atomic E-state index is 12.0. The molecule has 0 heterocycles. The second kappa shape index (κ2) is 4.11. The highest BCUT2D eigenvalue weighted by Gasteiger charge is 2.38. The number of rotatable bonds is 2. The number of carbonyl (C=O) groups is 1. The Hall–Kier alpha value is -1.41. The van der Waals surface area contributed by atoms with Crippen molar-refractivity contribution in [1.82, 2.24) is 0 Å². The van der Waals surface area contributed by atoms with Gasteiger partial charge in [0.05, 0.1) is 6.10 Å². The minimum Gasteiger partial charge on any atom is -0.378 e. The summed E-state index contributed by atoms with van der Waals surface area (Å²) in [5, 5.41) is 0. The molecule has 3 atom stereocenters. The van der Waals surface area contributed by atoms with Gasteiger partial charge >= 0.3 is 0 Å². The lowest BCUT2D eigenvalue weighted by atomic mass is 9.76. The van der Waals surface area contributed by atoms with Gasteiger partial charge in [0.1, 0.15) is 0 Å². The highest BCUT2D eigenvalue weighted by atomic mass is 16.5. The monoisotopic (exact) mass is 228 g/mol. The fourth-order valence-electron chi connectivity index (χ4n) is 3.04. The zero-order valence-corrected chi connectivity index (χ0v) is 9.93. The molecule has 0 saturated carbocycles. The Labute approximate surface area is 101 Å². The van der Waals surface area contributed by atoms with Gasteiger partial charge in [-0.05, 0) is 30.5 Å². The maximum Gasteiger partial charge on any atom is 0.162 e. The lowest BCUT2D eigenvalue weighted by molar-refractivity contribution is -0.116. The average molecular weight is 228 g/mol. The van der Waals surface area contributed by atoms with Crippen LogP contribution in [0.25, 0.3) is 0 Å². The summed E-state index contributed by atoms with van der Waals surface area (Å²) in [6.45, 7) is 2.72. The van der Waals surface area contributed by atoms with E-state index in [1.165, 1.54) is 11.1 Å². The molecule has 2 bridgehead atoms. The highest BCUT2D eigenvalue weighted by Crippen LogP contribution is 2.43. The number of benzene rings is 1. The van der Waals surface area contributed by atoms with E-state index in [1.807, 2.05) is 25.1 Å². The summed E-state index contributed by atoms with van der Waals surface area (Å²) in [6.07, 6.45) is 4.74. The lowest BCUT2D eigenvalue weighted by Crippen LogP contribution is -2.30. The first kappa shape index (κ1) is 10.7. The van der Waals surface area contributed by atoms with Crippen LogP contribution in [0.15, 0.2) is 36.4 Å². The predicted octanol–water partition coefficient (Wildman–Crippen LogP) is 2.80. The smallest absolute Gasteiger partial charge is 0.162 e. The Morgan fingerprint density at radius 2 is 2.06 bits per heavy atom. The van der Waals surface area contributed by atoms with Gasteiger partial charge in [-0.15, -0.1) is 0 Å². The predicted molar refractivity (Wildman–Crippen MR) is 66.1 cm³/mol. The van der Waals surface area contributed by atoms with Crippen LogP contribution < -0.4 is 0 Å². The number of allylic oxidation sites excluding steroid dienone is 1. The Bertz CT molecular complexity index is 476. The first-order valence-corrected chi connectivity index (χ1v) is 6.23. The van der Waals surface area contributed by atoms with Crippen molar-refractivity contribution in [2.24, 2.45) is 0 Å². The Morgan fingerprint density at radius 3 is 2.82 bits per heavy atom. The number of hydrogen-bond donors (Lipinski definition) is 0. The van der Waals surface area contributed by atoms with Gasteiger partial charge in [0.15, 0.2) is 5.78 Å². The molecule has 0 aromatic heterocycles. The molecule has 0 spiro atoms. The second-order valence-corrected chi connectivity index (χ2v) is 4.70. The average Bonchev–Trinajstić information content (AvgIpc) is 2.59. The van der Waals surface area contributed by atoms with Gasteiger partial charge in [-0.1, -0.05) is 30.3 Å². The van der Waals surface area contributed by atoms with Crippen LogP contribution >= 0.6 is 0 Å². The third kappa shape index (κ3) is 1.64. The SMILES string of the molecule is CCO[C@@H]1C[C@@H]2C(=O)C=C[C@H]1c1ccccc12. The molecule has 17 heavy (non-hydrogen) atoms. The molecule has 1 aromatic rings.